The molecular formula is C16H23NO3S. The van der Waals surface area contributed by atoms with Gasteiger partial charge in [0.25, 0.3) is 0 Å². The Morgan fingerprint density at radius 3 is 2.90 bits per heavy atom. The zero-order valence-corrected chi connectivity index (χ0v) is 13.4. The summed E-state index contributed by atoms with van der Waals surface area (Å²) in [5, 5.41) is 2.09. The highest BCUT2D eigenvalue weighted by Gasteiger charge is 2.43. The van der Waals surface area contributed by atoms with Crippen molar-refractivity contribution >= 4 is 17.2 Å². The number of carbonyl (C=O) groups excluding carboxylic acids is 1. The highest BCUT2D eigenvalue weighted by molar-refractivity contribution is 7.09. The molecule has 5 heteroatoms. The van der Waals surface area contributed by atoms with Gasteiger partial charge in [-0.2, -0.15) is 0 Å². The van der Waals surface area contributed by atoms with E-state index < -0.39 is 5.79 Å². The molecule has 1 aromatic heterocycles. The zero-order chi connectivity index (χ0) is 14.7. The van der Waals surface area contributed by atoms with Crippen LogP contribution in [0.4, 0.5) is 0 Å². The van der Waals surface area contributed by atoms with Gasteiger partial charge in [0.1, 0.15) is 0 Å². The maximum absolute atomic E-state index is 12.2. The van der Waals surface area contributed by atoms with Crippen LogP contribution in [0.25, 0.3) is 0 Å². The minimum atomic E-state index is -0.410. The van der Waals surface area contributed by atoms with Crippen LogP contribution in [0, 0.1) is 0 Å². The van der Waals surface area contributed by atoms with Crippen molar-refractivity contribution in [1.29, 1.82) is 0 Å². The second-order valence-electron chi connectivity index (χ2n) is 5.96. The number of aryl methyl sites for hydroxylation is 1. The molecule has 1 atom stereocenters. The smallest absolute Gasteiger partial charge is 0.222 e. The van der Waals surface area contributed by atoms with Crippen LogP contribution < -0.4 is 0 Å². The molecule has 1 unspecified atom stereocenters. The first kappa shape index (κ1) is 15.0. The maximum atomic E-state index is 12.2. The number of carbonyl (C=O) groups is 1. The molecular weight excluding hydrogens is 286 g/mol. The fourth-order valence-electron chi connectivity index (χ4n) is 3.09. The Bertz CT molecular complexity index is 466. The number of likely N-dealkylation sites (tertiary alicyclic amines) is 1. The molecule has 1 aromatic rings. The molecule has 3 rings (SSSR count). The summed E-state index contributed by atoms with van der Waals surface area (Å²) in [6, 6.07) is 4.20. The van der Waals surface area contributed by atoms with Gasteiger partial charge in [-0.25, -0.2) is 0 Å². The van der Waals surface area contributed by atoms with E-state index in [0.717, 1.165) is 38.8 Å². The molecule has 21 heavy (non-hydrogen) atoms. The fraction of sp³-hybridized carbons (Fsp3) is 0.688. The topological polar surface area (TPSA) is 38.8 Å². The molecule has 2 saturated heterocycles. The van der Waals surface area contributed by atoms with Gasteiger partial charge in [0, 0.05) is 37.2 Å². The van der Waals surface area contributed by atoms with Crippen LogP contribution in [0.15, 0.2) is 17.5 Å². The summed E-state index contributed by atoms with van der Waals surface area (Å²) in [6.07, 6.45) is 4.36. The van der Waals surface area contributed by atoms with Crippen molar-refractivity contribution in [2.75, 3.05) is 19.7 Å². The summed E-state index contributed by atoms with van der Waals surface area (Å²) in [5.41, 5.74) is 0. The fourth-order valence-corrected chi connectivity index (χ4v) is 3.84. The van der Waals surface area contributed by atoms with Gasteiger partial charge in [-0.1, -0.05) is 6.07 Å². The largest absolute Gasteiger partial charge is 0.347 e. The Hall–Kier alpha value is -0.910. The second-order valence-corrected chi connectivity index (χ2v) is 7.00. The molecule has 4 nitrogen and oxygen atoms in total. The van der Waals surface area contributed by atoms with Crippen LogP contribution in [0.1, 0.15) is 37.5 Å². The van der Waals surface area contributed by atoms with Gasteiger partial charge in [-0.15, -0.1) is 11.3 Å². The number of nitrogens with zero attached hydrogens (tertiary/aromatic N) is 1. The van der Waals surface area contributed by atoms with E-state index in [1.807, 2.05) is 11.8 Å². The lowest BCUT2D eigenvalue weighted by molar-refractivity contribution is -0.194. The predicted molar refractivity (Wildman–Crippen MR) is 82.3 cm³/mol. The molecule has 3 heterocycles. The van der Waals surface area contributed by atoms with Gasteiger partial charge in [0.15, 0.2) is 5.79 Å². The minimum absolute atomic E-state index is 0.179. The summed E-state index contributed by atoms with van der Waals surface area (Å²) < 4.78 is 11.7. The van der Waals surface area contributed by atoms with Gasteiger partial charge in [-0.3, -0.25) is 4.79 Å². The van der Waals surface area contributed by atoms with E-state index in [0.29, 0.717) is 13.0 Å². The van der Waals surface area contributed by atoms with Crippen molar-refractivity contribution in [1.82, 2.24) is 4.90 Å². The molecule has 0 bridgehead atoms. The van der Waals surface area contributed by atoms with E-state index in [4.69, 9.17) is 9.47 Å². The average molecular weight is 309 g/mol. The van der Waals surface area contributed by atoms with E-state index in [-0.39, 0.29) is 12.0 Å². The number of hydrogen-bond donors (Lipinski definition) is 0. The van der Waals surface area contributed by atoms with Crippen molar-refractivity contribution in [3.8, 4) is 0 Å². The third-order valence-electron chi connectivity index (χ3n) is 4.27. The standard InChI is InChI=1S/C16H23NO3S/c1-13-12-19-16(20-13)7-9-17(10-8-16)15(18)6-2-4-14-5-3-11-21-14/h3,5,11,13H,2,4,6-10,12H2,1H3. The van der Waals surface area contributed by atoms with Gasteiger partial charge < -0.3 is 14.4 Å². The molecule has 1 spiro atoms. The van der Waals surface area contributed by atoms with Crippen LogP contribution in [-0.4, -0.2) is 42.4 Å². The molecule has 2 aliphatic heterocycles. The molecule has 0 N–H and O–H groups in total. The van der Waals surface area contributed by atoms with Gasteiger partial charge in [-0.05, 0) is 31.2 Å². The summed E-state index contributed by atoms with van der Waals surface area (Å²) in [4.78, 5) is 15.6. The van der Waals surface area contributed by atoms with E-state index in [1.165, 1.54) is 4.88 Å². The zero-order valence-electron chi connectivity index (χ0n) is 12.5. The van der Waals surface area contributed by atoms with Crippen LogP contribution in [0.5, 0.6) is 0 Å². The van der Waals surface area contributed by atoms with E-state index in [2.05, 4.69) is 17.5 Å². The maximum Gasteiger partial charge on any atom is 0.222 e. The molecule has 0 aliphatic carbocycles. The van der Waals surface area contributed by atoms with Crippen molar-refractivity contribution in [3.05, 3.63) is 22.4 Å². The number of rotatable bonds is 4. The number of amides is 1. The Morgan fingerprint density at radius 1 is 1.48 bits per heavy atom. The Labute approximate surface area is 130 Å². The molecule has 2 fully saturated rings. The van der Waals surface area contributed by atoms with Gasteiger partial charge in [0.2, 0.25) is 5.91 Å². The lowest BCUT2D eigenvalue weighted by atomic mass is 10.0. The summed E-state index contributed by atoms with van der Waals surface area (Å²) >= 11 is 1.77. The van der Waals surface area contributed by atoms with Crippen LogP contribution in [0.3, 0.4) is 0 Å². The number of ether oxygens (including phenoxy) is 2. The first-order valence-corrected chi connectivity index (χ1v) is 8.67. The van der Waals surface area contributed by atoms with Crippen LogP contribution in [-0.2, 0) is 20.7 Å². The van der Waals surface area contributed by atoms with Gasteiger partial charge in [0.05, 0.1) is 12.7 Å². The first-order chi connectivity index (χ1) is 10.2. The van der Waals surface area contributed by atoms with Crippen molar-refractivity contribution in [2.24, 2.45) is 0 Å². The Morgan fingerprint density at radius 2 is 2.29 bits per heavy atom. The Balaban J connectivity index is 1.40. The summed E-state index contributed by atoms with van der Waals surface area (Å²) in [6.45, 7) is 4.22. The molecule has 0 radical (unpaired) electrons. The van der Waals surface area contributed by atoms with Crippen molar-refractivity contribution in [3.63, 3.8) is 0 Å². The normalized spacial score (nSPS) is 24.6. The van der Waals surface area contributed by atoms with Crippen molar-refractivity contribution in [2.45, 2.75) is 50.9 Å². The van der Waals surface area contributed by atoms with E-state index in [1.54, 1.807) is 11.3 Å². The molecule has 1 amide bonds. The van der Waals surface area contributed by atoms with Crippen LogP contribution >= 0.6 is 11.3 Å². The molecule has 2 aliphatic rings. The third kappa shape index (κ3) is 3.65. The first-order valence-electron chi connectivity index (χ1n) is 7.79. The molecule has 0 aromatic carbocycles. The number of piperidine rings is 1. The summed E-state index contributed by atoms with van der Waals surface area (Å²) in [5.74, 6) is -0.139. The predicted octanol–water partition coefficient (Wildman–Crippen LogP) is 2.82. The van der Waals surface area contributed by atoms with E-state index in [9.17, 15) is 4.79 Å². The second kappa shape index (κ2) is 6.46. The number of hydrogen-bond acceptors (Lipinski definition) is 4. The monoisotopic (exact) mass is 309 g/mol. The average Bonchev–Trinajstić information content (AvgIpc) is 3.10. The third-order valence-corrected chi connectivity index (χ3v) is 5.21. The highest BCUT2D eigenvalue weighted by Crippen LogP contribution is 2.34. The molecule has 0 saturated carbocycles. The van der Waals surface area contributed by atoms with E-state index >= 15 is 0 Å². The highest BCUT2D eigenvalue weighted by atomic mass is 32.1. The lowest BCUT2D eigenvalue weighted by Gasteiger charge is -2.37. The quantitative estimate of drug-likeness (QED) is 0.858. The molecule has 116 valence electrons. The van der Waals surface area contributed by atoms with Gasteiger partial charge >= 0.3 is 0 Å². The van der Waals surface area contributed by atoms with Crippen molar-refractivity contribution < 1.29 is 14.3 Å². The number of thiophene rings is 1. The SMILES string of the molecule is CC1COC2(CCN(C(=O)CCCc3cccs3)CC2)O1. The summed E-state index contributed by atoms with van der Waals surface area (Å²) in [7, 11) is 0. The van der Waals surface area contributed by atoms with Crippen LogP contribution in [0.2, 0.25) is 0 Å². The Kier molecular flexibility index (Phi) is 4.62. The lowest BCUT2D eigenvalue weighted by Crippen LogP contribution is -2.47. The minimum Gasteiger partial charge on any atom is -0.347 e.